The van der Waals surface area contributed by atoms with Crippen molar-refractivity contribution in [1.82, 2.24) is 14.8 Å². The van der Waals surface area contributed by atoms with E-state index < -0.39 is 0 Å². The molecule has 102 valence electrons. The smallest absolute Gasteiger partial charge is 0.0920 e. The third-order valence-electron chi connectivity index (χ3n) is 3.23. The Labute approximate surface area is 133 Å². The summed E-state index contributed by atoms with van der Waals surface area (Å²) in [6.45, 7) is 0. The average Bonchev–Trinajstić information content (AvgIpc) is 2.76. The van der Waals surface area contributed by atoms with Crippen LogP contribution in [0.5, 0.6) is 0 Å². The molecule has 1 unspecified atom stereocenters. The molecule has 0 aliphatic carbocycles. The van der Waals surface area contributed by atoms with Crippen LogP contribution in [0, 0.1) is 0 Å². The number of fused-ring (bicyclic) bond motifs is 1. The van der Waals surface area contributed by atoms with Crippen molar-refractivity contribution < 1.29 is 0 Å². The fourth-order valence-electron chi connectivity index (χ4n) is 2.22. The first-order chi connectivity index (χ1) is 9.58. The molecule has 1 aromatic carbocycles. The molecule has 0 bridgehead atoms. The predicted octanol–water partition coefficient (Wildman–Crippen LogP) is 3.54. The zero-order valence-electron chi connectivity index (χ0n) is 10.7. The van der Waals surface area contributed by atoms with Gasteiger partial charge in [0, 0.05) is 16.9 Å². The molecule has 0 amide bonds. The van der Waals surface area contributed by atoms with Gasteiger partial charge in [-0.25, -0.2) is 4.98 Å². The first-order valence-electron chi connectivity index (χ1n) is 6.06. The monoisotopic (exact) mass is 394 g/mol. The molecule has 2 aromatic heterocycles. The largest absolute Gasteiger partial charge is 0.318 e. The molecule has 2 heterocycles. The fraction of sp³-hybridized carbons (Fsp3) is 0.143. The van der Waals surface area contributed by atoms with Crippen molar-refractivity contribution in [3.63, 3.8) is 0 Å². The molecule has 3 rings (SSSR count). The molecule has 0 spiro atoms. The first-order valence-corrected chi connectivity index (χ1v) is 7.64. The van der Waals surface area contributed by atoms with Crippen molar-refractivity contribution >= 4 is 42.8 Å². The minimum Gasteiger partial charge on any atom is -0.318 e. The number of hydrogen-bond acceptors (Lipinski definition) is 3. The molecule has 4 nitrogen and oxygen atoms in total. The van der Waals surface area contributed by atoms with Crippen LogP contribution in [0.2, 0.25) is 0 Å². The second kappa shape index (κ2) is 5.27. The molecule has 3 aromatic rings. The number of pyridine rings is 1. The summed E-state index contributed by atoms with van der Waals surface area (Å²) < 4.78 is 3.55. The number of aromatic nitrogens is 3. The Hall–Kier alpha value is -1.24. The van der Waals surface area contributed by atoms with E-state index in [-0.39, 0.29) is 6.04 Å². The van der Waals surface area contributed by atoms with Gasteiger partial charge in [0.05, 0.1) is 33.6 Å². The van der Waals surface area contributed by atoms with Gasteiger partial charge in [0.25, 0.3) is 0 Å². The van der Waals surface area contributed by atoms with Crippen molar-refractivity contribution in [2.24, 2.45) is 12.8 Å². The zero-order valence-corrected chi connectivity index (χ0v) is 13.9. The highest BCUT2D eigenvalue weighted by atomic mass is 79.9. The number of nitrogens with zero attached hydrogens (tertiary/aromatic N) is 3. The topological polar surface area (TPSA) is 56.7 Å². The highest BCUT2D eigenvalue weighted by molar-refractivity contribution is 9.10. The Bertz CT molecular complexity index is 762. The molecule has 0 radical (unpaired) electrons. The maximum Gasteiger partial charge on any atom is 0.0920 e. The van der Waals surface area contributed by atoms with E-state index in [9.17, 15) is 0 Å². The quantitative estimate of drug-likeness (QED) is 0.721. The van der Waals surface area contributed by atoms with E-state index in [4.69, 9.17) is 5.73 Å². The van der Waals surface area contributed by atoms with Crippen LogP contribution in [0.15, 0.2) is 45.5 Å². The number of aryl methyl sites for hydroxylation is 1. The van der Waals surface area contributed by atoms with Crippen LogP contribution in [0.3, 0.4) is 0 Å². The maximum atomic E-state index is 6.37. The standard InChI is InChI=1S/C14H12Br2N4/c1-20-14(10(16)7-18-20)12(17)13-9(15)6-8-4-2-3-5-11(8)19-13/h2-7,12H,17H2,1H3. The maximum absolute atomic E-state index is 6.37. The van der Waals surface area contributed by atoms with Crippen molar-refractivity contribution in [1.29, 1.82) is 0 Å². The lowest BCUT2D eigenvalue weighted by molar-refractivity contribution is 0.662. The van der Waals surface area contributed by atoms with E-state index in [1.807, 2.05) is 37.4 Å². The van der Waals surface area contributed by atoms with Crippen LogP contribution in [-0.2, 0) is 7.05 Å². The van der Waals surface area contributed by atoms with E-state index in [1.54, 1.807) is 10.9 Å². The van der Waals surface area contributed by atoms with Gasteiger partial charge in [-0.2, -0.15) is 5.10 Å². The van der Waals surface area contributed by atoms with Gasteiger partial charge in [-0.1, -0.05) is 18.2 Å². The summed E-state index contributed by atoms with van der Waals surface area (Å²) in [6, 6.07) is 9.67. The number of para-hydroxylation sites is 1. The lowest BCUT2D eigenvalue weighted by Gasteiger charge is -2.15. The van der Waals surface area contributed by atoms with E-state index in [0.717, 1.165) is 31.2 Å². The summed E-state index contributed by atoms with van der Waals surface area (Å²) in [5.74, 6) is 0. The number of benzene rings is 1. The molecule has 1 atom stereocenters. The van der Waals surface area contributed by atoms with Gasteiger partial charge in [-0.05, 0) is 44.0 Å². The third kappa shape index (κ3) is 2.28. The normalized spacial score (nSPS) is 12.8. The number of halogens is 2. The van der Waals surface area contributed by atoms with Crippen molar-refractivity contribution in [3.8, 4) is 0 Å². The summed E-state index contributed by atoms with van der Waals surface area (Å²) >= 11 is 7.05. The second-order valence-electron chi connectivity index (χ2n) is 4.53. The van der Waals surface area contributed by atoms with E-state index in [1.165, 1.54) is 0 Å². The van der Waals surface area contributed by atoms with Crippen LogP contribution in [0.1, 0.15) is 17.4 Å². The molecule has 0 fully saturated rings. The highest BCUT2D eigenvalue weighted by Crippen LogP contribution is 2.31. The Morgan fingerprint density at radius 1 is 1.20 bits per heavy atom. The lowest BCUT2D eigenvalue weighted by Crippen LogP contribution is -2.18. The van der Waals surface area contributed by atoms with E-state index >= 15 is 0 Å². The van der Waals surface area contributed by atoms with Gasteiger partial charge in [-0.15, -0.1) is 0 Å². The van der Waals surface area contributed by atoms with E-state index in [2.05, 4.69) is 41.9 Å². The molecule has 0 aliphatic heterocycles. The van der Waals surface area contributed by atoms with Crippen molar-refractivity contribution in [2.75, 3.05) is 0 Å². The Kier molecular flexibility index (Phi) is 3.62. The average molecular weight is 396 g/mol. The number of hydrogen-bond donors (Lipinski definition) is 1. The molecule has 20 heavy (non-hydrogen) atoms. The summed E-state index contributed by atoms with van der Waals surface area (Å²) in [7, 11) is 1.87. The molecule has 0 aliphatic rings. The molecule has 0 saturated carbocycles. The molecule has 0 saturated heterocycles. The van der Waals surface area contributed by atoms with Crippen LogP contribution < -0.4 is 5.73 Å². The van der Waals surface area contributed by atoms with Crippen molar-refractivity contribution in [3.05, 3.63) is 56.9 Å². The van der Waals surface area contributed by atoms with Crippen molar-refractivity contribution in [2.45, 2.75) is 6.04 Å². The molecule has 6 heteroatoms. The minimum absolute atomic E-state index is 0.351. The SMILES string of the molecule is Cn1ncc(Br)c1C(N)c1nc2ccccc2cc1Br. The third-order valence-corrected chi connectivity index (χ3v) is 4.48. The second-order valence-corrected chi connectivity index (χ2v) is 6.24. The molecular weight excluding hydrogens is 384 g/mol. The van der Waals surface area contributed by atoms with Gasteiger partial charge in [-0.3, -0.25) is 4.68 Å². The summed E-state index contributed by atoms with van der Waals surface area (Å²) in [6.07, 6.45) is 1.74. The summed E-state index contributed by atoms with van der Waals surface area (Å²) in [5, 5.41) is 5.28. The van der Waals surface area contributed by atoms with Crippen LogP contribution in [-0.4, -0.2) is 14.8 Å². The molecular formula is C14H12Br2N4. The van der Waals surface area contributed by atoms with Crippen LogP contribution in [0.25, 0.3) is 10.9 Å². The van der Waals surface area contributed by atoms with Gasteiger partial charge in [0.15, 0.2) is 0 Å². The van der Waals surface area contributed by atoms with Gasteiger partial charge in [0.1, 0.15) is 0 Å². The van der Waals surface area contributed by atoms with E-state index in [0.29, 0.717) is 0 Å². The van der Waals surface area contributed by atoms with Gasteiger partial charge in [0.2, 0.25) is 0 Å². The highest BCUT2D eigenvalue weighted by Gasteiger charge is 2.20. The fourth-order valence-corrected chi connectivity index (χ4v) is 3.40. The summed E-state index contributed by atoms with van der Waals surface area (Å²) in [5.41, 5.74) is 9.00. The van der Waals surface area contributed by atoms with Crippen LogP contribution >= 0.6 is 31.9 Å². The number of nitrogens with two attached hydrogens (primary N) is 1. The Balaban J connectivity index is 2.16. The van der Waals surface area contributed by atoms with Gasteiger partial charge < -0.3 is 5.73 Å². The molecule has 2 N–H and O–H groups in total. The Morgan fingerprint density at radius 2 is 1.95 bits per heavy atom. The van der Waals surface area contributed by atoms with Crippen LogP contribution in [0.4, 0.5) is 0 Å². The number of rotatable bonds is 2. The zero-order chi connectivity index (χ0) is 14.3. The lowest BCUT2D eigenvalue weighted by atomic mass is 10.1. The predicted molar refractivity (Wildman–Crippen MR) is 86.4 cm³/mol. The Morgan fingerprint density at radius 3 is 2.65 bits per heavy atom. The first kappa shape index (κ1) is 13.7. The minimum atomic E-state index is -0.351. The van der Waals surface area contributed by atoms with Gasteiger partial charge >= 0.3 is 0 Å². The summed E-state index contributed by atoms with van der Waals surface area (Å²) in [4.78, 5) is 4.68.